The lowest BCUT2D eigenvalue weighted by molar-refractivity contribution is -0.151. The van der Waals surface area contributed by atoms with Crippen LogP contribution in [0.25, 0.3) is 10.9 Å². The first-order valence-corrected chi connectivity index (χ1v) is 10.2. The van der Waals surface area contributed by atoms with Crippen molar-refractivity contribution in [3.05, 3.63) is 35.0 Å². The van der Waals surface area contributed by atoms with Gasteiger partial charge in [0.1, 0.15) is 0 Å². The third-order valence-electron chi connectivity index (χ3n) is 6.35. The Kier molecular flexibility index (Phi) is 5.13. The van der Waals surface area contributed by atoms with E-state index in [1.807, 2.05) is 29.3 Å². The van der Waals surface area contributed by atoms with Crippen LogP contribution in [0.3, 0.4) is 0 Å². The molecule has 0 spiro atoms. The first kappa shape index (κ1) is 18.4. The number of aliphatic carboxylic acids is 1. The van der Waals surface area contributed by atoms with Crippen LogP contribution in [0.15, 0.2) is 24.4 Å². The molecule has 6 heteroatoms. The summed E-state index contributed by atoms with van der Waals surface area (Å²) in [6.45, 7) is 0.751. The number of H-pyrrole nitrogens is 1. The molecule has 2 fully saturated rings. The molecule has 1 aliphatic heterocycles. The monoisotopic (exact) mass is 388 g/mol. The van der Waals surface area contributed by atoms with Crippen molar-refractivity contribution in [2.45, 2.75) is 51.0 Å². The van der Waals surface area contributed by atoms with Crippen LogP contribution < -0.4 is 0 Å². The number of nitrogens with zero attached hydrogens (tertiary/aromatic N) is 1. The molecule has 2 N–H and O–H groups in total. The number of likely N-dealkylation sites (tertiary alicyclic amines) is 1. The van der Waals surface area contributed by atoms with Gasteiger partial charge in [0.25, 0.3) is 0 Å². The van der Waals surface area contributed by atoms with Crippen molar-refractivity contribution in [1.82, 2.24) is 9.88 Å². The maximum Gasteiger partial charge on any atom is 0.306 e. The maximum atomic E-state index is 13.0. The van der Waals surface area contributed by atoms with Crippen molar-refractivity contribution < 1.29 is 14.7 Å². The first-order valence-electron chi connectivity index (χ1n) is 9.83. The van der Waals surface area contributed by atoms with E-state index in [-0.39, 0.29) is 23.8 Å². The molecule has 3 atom stereocenters. The van der Waals surface area contributed by atoms with E-state index in [9.17, 15) is 14.7 Å². The Bertz CT molecular complexity index is 862. The number of aryl methyl sites for hydroxylation is 1. The molecule has 3 unspecified atom stereocenters. The molecule has 27 heavy (non-hydrogen) atoms. The topological polar surface area (TPSA) is 73.4 Å². The van der Waals surface area contributed by atoms with Crippen LogP contribution >= 0.6 is 11.6 Å². The van der Waals surface area contributed by atoms with Gasteiger partial charge in [0.05, 0.1) is 10.9 Å². The number of hydrogen-bond donors (Lipinski definition) is 2. The number of rotatable bonds is 4. The first-order chi connectivity index (χ1) is 13.1. The van der Waals surface area contributed by atoms with Crippen molar-refractivity contribution in [2.75, 3.05) is 6.54 Å². The summed E-state index contributed by atoms with van der Waals surface area (Å²) in [5.74, 6) is -0.757. The Morgan fingerprint density at radius 2 is 2.07 bits per heavy atom. The maximum absolute atomic E-state index is 13.0. The number of piperidine rings is 1. The zero-order chi connectivity index (χ0) is 19.0. The van der Waals surface area contributed by atoms with Crippen LogP contribution in [0.2, 0.25) is 5.02 Å². The van der Waals surface area contributed by atoms with Gasteiger partial charge in [-0.3, -0.25) is 9.59 Å². The van der Waals surface area contributed by atoms with E-state index >= 15 is 0 Å². The van der Waals surface area contributed by atoms with Crippen molar-refractivity contribution >= 4 is 34.4 Å². The number of fused-ring (bicyclic) bond motifs is 2. The molecule has 2 aromatic rings. The standard InChI is InChI=1S/C21H25ClN2O3/c22-16-6-2-7-17-20(16)13(12-23-17)9-10-19(25)24-11-3-5-14-15(21(26)27)4-1-8-18(14)24/h2,6-7,12,14-15,18,23H,1,3-5,8-11H2,(H,26,27). The summed E-state index contributed by atoms with van der Waals surface area (Å²) in [6.07, 6.45) is 7.38. The lowest BCUT2D eigenvalue weighted by Crippen LogP contribution is -2.53. The number of nitrogens with one attached hydrogen (secondary N) is 1. The molecule has 1 aliphatic carbocycles. The zero-order valence-corrected chi connectivity index (χ0v) is 16.0. The normalized spacial score (nSPS) is 25.4. The Morgan fingerprint density at radius 3 is 2.89 bits per heavy atom. The highest BCUT2D eigenvalue weighted by Gasteiger charge is 2.43. The van der Waals surface area contributed by atoms with Crippen molar-refractivity contribution in [1.29, 1.82) is 0 Å². The van der Waals surface area contributed by atoms with E-state index in [0.717, 1.165) is 55.1 Å². The highest BCUT2D eigenvalue weighted by Crippen LogP contribution is 2.40. The highest BCUT2D eigenvalue weighted by atomic mass is 35.5. The number of aromatic amines is 1. The zero-order valence-electron chi connectivity index (χ0n) is 15.3. The molecule has 1 aromatic carbocycles. The van der Waals surface area contributed by atoms with Crippen LogP contribution in [0.5, 0.6) is 0 Å². The summed E-state index contributed by atoms with van der Waals surface area (Å²) in [7, 11) is 0. The molecule has 1 saturated carbocycles. The minimum atomic E-state index is -0.701. The largest absolute Gasteiger partial charge is 0.481 e. The van der Waals surface area contributed by atoms with E-state index in [1.54, 1.807) is 0 Å². The van der Waals surface area contributed by atoms with Crippen LogP contribution in [0.4, 0.5) is 0 Å². The Hall–Kier alpha value is -2.01. The van der Waals surface area contributed by atoms with E-state index < -0.39 is 5.97 Å². The highest BCUT2D eigenvalue weighted by molar-refractivity contribution is 6.35. The lowest BCUT2D eigenvalue weighted by Gasteiger charge is -2.46. The number of hydrogen-bond acceptors (Lipinski definition) is 2. The van der Waals surface area contributed by atoms with Gasteiger partial charge >= 0.3 is 5.97 Å². The average molecular weight is 389 g/mol. The Morgan fingerprint density at radius 1 is 1.22 bits per heavy atom. The molecule has 0 bridgehead atoms. The quantitative estimate of drug-likeness (QED) is 0.822. The molecule has 0 radical (unpaired) electrons. The molecule has 2 aliphatic rings. The summed E-state index contributed by atoms with van der Waals surface area (Å²) in [5.41, 5.74) is 2.05. The molecule has 1 aromatic heterocycles. The fraction of sp³-hybridized carbons (Fsp3) is 0.524. The van der Waals surface area contributed by atoms with E-state index in [0.29, 0.717) is 17.9 Å². The molecule has 4 rings (SSSR count). The number of amides is 1. The molecule has 1 amide bonds. The fourth-order valence-electron chi connectivity index (χ4n) is 5.09. The second-order valence-corrected chi connectivity index (χ2v) is 8.22. The van der Waals surface area contributed by atoms with Gasteiger partial charge in [-0.1, -0.05) is 24.1 Å². The van der Waals surface area contributed by atoms with Crippen LogP contribution in [0.1, 0.15) is 44.1 Å². The predicted molar refractivity (Wildman–Crippen MR) is 105 cm³/mol. The second-order valence-electron chi connectivity index (χ2n) is 7.81. The number of carbonyl (C=O) groups is 2. The van der Waals surface area contributed by atoms with Gasteiger partial charge < -0.3 is 15.0 Å². The fourth-order valence-corrected chi connectivity index (χ4v) is 5.39. The Balaban J connectivity index is 1.47. The van der Waals surface area contributed by atoms with Gasteiger partial charge in [-0.15, -0.1) is 0 Å². The van der Waals surface area contributed by atoms with Gasteiger partial charge in [0.2, 0.25) is 5.91 Å². The van der Waals surface area contributed by atoms with E-state index in [1.165, 1.54) is 0 Å². The molecular formula is C21H25ClN2O3. The summed E-state index contributed by atoms with van der Waals surface area (Å²) >= 11 is 6.33. The lowest BCUT2D eigenvalue weighted by atomic mass is 9.71. The number of aromatic nitrogens is 1. The number of carboxylic acid groups (broad SMARTS) is 1. The number of carboxylic acids is 1. The van der Waals surface area contributed by atoms with Crippen LogP contribution in [-0.2, 0) is 16.0 Å². The van der Waals surface area contributed by atoms with Crippen molar-refractivity contribution in [3.8, 4) is 0 Å². The molecule has 5 nitrogen and oxygen atoms in total. The minimum Gasteiger partial charge on any atom is -0.481 e. The second kappa shape index (κ2) is 7.55. The van der Waals surface area contributed by atoms with Gasteiger partial charge in [-0.2, -0.15) is 0 Å². The Labute approximate surface area is 163 Å². The van der Waals surface area contributed by atoms with Gasteiger partial charge in [0.15, 0.2) is 0 Å². The van der Waals surface area contributed by atoms with E-state index in [2.05, 4.69) is 4.98 Å². The van der Waals surface area contributed by atoms with Crippen LogP contribution in [-0.4, -0.2) is 39.5 Å². The minimum absolute atomic E-state index is 0.0904. The van der Waals surface area contributed by atoms with Gasteiger partial charge in [0, 0.05) is 36.1 Å². The number of carbonyl (C=O) groups excluding carboxylic acids is 1. The molecule has 1 saturated heterocycles. The third-order valence-corrected chi connectivity index (χ3v) is 6.66. The summed E-state index contributed by atoms with van der Waals surface area (Å²) in [4.78, 5) is 29.8. The number of halogens is 1. The van der Waals surface area contributed by atoms with E-state index in [4.69, 9.17) is 11.6 Å². The summed E-state index contributed by atoms with van der Waals surface area (Å²) in [6, 6.07) is 5.85. The molecular weight excluding hydrogens is 364 g/mol. The molecule has 2 heterocycles. The molecule has 144 valence electrons. The number of benzene rings is 1. The van der Waals surface area contributed by atoms with Gasteiger partial charge in [-0.05, 0) is 55.7 Å². The summed E-state index contributed by atoms with van der Waals surface area (Å²) < 4.78 is 0. The third kappa shape index (κ3) is 3.45. The SMILES string of the molecule is O=C(O)C1CCCC2C1CCCN2C(=O)CCc1c[nH]c2cccc(Cl)c12. The van der Waals surface area contributed by atoms with Crippen LogP contribution in [0, 0.1) is 11.8 Å². The smallest absolute Gasteiger partial charge is 0.306 e. The summed E-state index contributed by atoms with van der Waals surface area (Å²) in [5, 5.41) is 11.2. The van der Waals surface area contributed by atoms with Crippen molar-refractivity contribution in [2.24, 2.45) is 11.8 Å². The van der Waals surface area contributed by atoms with Crippen molar-refractivity contribution in [3.63, 3.8) is 0 Å². The average Bonchev–Trinajstić information content (AvgIpc) is 3.09. The van der Waals surface area contributed by atoms with Gasteiger partial charge in [-0.25, -0.2) is 0 Å². The predicted octanol–water partition coefficient (Wildman–Crippen LogP) is 4.25.